The predicted octanol–water partition coefficient (Wildman–Crippen LogP) is 4.46. The third-order valence-electron chi connectivity index (χ3n) is 8.79. The smallest absolute Gasteiger partial charge is 0.399 e. The molecule has 3 fully saturated rings. The van der Waals surface area contributed by atoms with E-state index in [9.17, 15) is 13.2 Å². The normalized spacial score (nSPS) is 21.5. The van der Waals surface area contributed by atoms with Gasteiger partial charge in [-0.2, -0.15) is 13.2 Å². The van der Waals surface area contributed by atoms with E-state index in [0.717, 1.165) is 12.8 Å². The summed E-state index contributed by atoms with van der Waals surface area (Å²) in [4.78, 5) is 3.89. The molecule has 3 aliphatic rings. The van der Waals surface area contributed by atoms with Crippen molar-refractivity contribution >= 4 is 23.9 Å². The highest BCUT2D eigenvalue weighted by Gasteiger charge is 2.51. The molecule has 12 heteroatoms. The maximum Gasteiger partial charge on any atom is 0.494 e. The van der Waals surface area contributed by atoms with Crippen LogP contribution in [0, 0.1) is 11.7 Å². The zero-order chi connectivity index (χ0) is 28.4. The van der Waals surface area contributed by atoms with Gasteiger partial charge in [0.25, 0.3) is 0 Å². The van der Waals surface area contributed by atoms with Crippen LogP contribution in [0.3, 0.4) is 0 Å². The highest BCUT2D eigenvalue weighted by Crippen LogP contribution is 2.38. The Morgan fingerprint density at radius 3 is 2.25 bits per heavy atom. The molecule has 1 aliphatic carbocycles. The molecule has 2 aliphatic heterocycles. The summed E-state index contributed by atoms with van der Waals surface area (Å²) in [5, 5.41) is 8.02. The van der Waals surface area contributed by atoms with Crippen LogP contribution in [-0.2, 0) is 28.5 Å². The minimum Gasteiger partial charge on any atom is -0.399 e. The van der Waals surface area contributed by atoms with E-state index in [4.69, 9.17) is 9.31 Å². The van der Waals surface area contributed by atoms with Crippen molar-refractivity contribution in [3.05, 3.63) is 53.2 Å². The van der Waals surface area contributed by atoms with Gasteiger partial charge in [-0.15, -0.1) is 10.2 Å². The molecule has 2 aromatic heterocycles. The summed E-state index contributed by atoms with van der Waals surface area (Å²) in [6, 6.07) is 6.53. The number of alkyl halides is 3. The molecular weight excluding hydrogens is 525 g/mol. The average molecular weight is 559 g/mol. The van der Waals surface area contributed by atoms with Gasteiger partial charge in [0.2, 0.25) is 0 Å². The number of halogens is 4. The highest BCUT2D eigenvalue weighted by molar-refractivity contribution is 6.62. The van der Waals surface area contributed by atoms with Crippen LogP contribution in [0.1, 0.15) is 57.5 Å². The van der Waals surface area contributed by atoms with Crippen molar-refractivity contribution in [2.24, 2.45) is 5.92 Å². The van der Waals surface area contributed by atoms with Crippen molar-refractivity contribution in [2.45, 2.75) is 70.9 Å². The van der Waals surface area contributed by atoms with E-state index >= 15 is 4.39 Å². The SMILES string of the molecule is CC1(C)OB(c2ccc(N3CCN(Cc4ccn5c(CC6CC6)nnc5c4C(F)(F)F)CC3)c(F)c2)OC1(C)C. The number of piperazine rings is 1. The number of anilines is 1. The molecule has 214 valence electrons. The Kier molecular flexibility index (Phi) is 6.66. The first-order valence-electron chi connectivity index (χ1n) is 13.9. The van der Waals surface area contributed by atoms with Crippen molar-refractivity contribution in [2.75, 3.05) is 31.1 Å². The van der Waals surface area contributed by atoms with Gasteiger partial charge in [0.1, 0.15) is 17.2 Å². The first-order valence-corrected chi connectivity index (χ1v) is 13.9. The zero-order valence-corrected chi connectivity index (χ0v) is 23.3. The average Bonchev–Trinajstić information content (AvgIpc) is 3.55. The summed E-state index contributed by atoms with van der Waals surface area (Å²) >= 11 is 0. The Morgan fingerprint density at radius 2 is 1.65 bits per heavy atom. The van der Waals surface area contributed by atoms with Crippen LogP contribution < -0.4 is 10.4 Å². The molecule has 0 N–H and O–H groups in total. The molecule has 4 heterocycles. The Bertz CT molecular complexity index is 1400. The fourth-order valence-corrected chi connectivity index (χ4v) is 5.50. The Hall–Kier alpha value is -2.70. The van der Waals surface area contributed by atoms with E-state index in [-0.39, 0.29) is 23.6 Å². The van der Waals surface area contributed by atoms with Crippen LogP contribution in [0.5, 0.6) is 0 Å². The van der Waals surface area contributed by atoms with Crippen LogP contribution in [0.4, 0.5) is 23.2 Å². The van der Waals surface area contributed by atoms with Gasteiger partial charge in [-0.1, -0.05) is 6.07 Å². The topological polar surface area (TPSA) is 55.1 Å². The Balaban J connectivity index is 1.14. The van der Waals surface area contributed by atoms with Crippen LogP contribution in [0.2, 0.25) is 0 Å². The standard InChI is InChI=1S/C28H34BF4N5O2/c1-26(2)27(3,4)40-29(39-26)20-7-8-22(21(30)16-20)37-13-11-36(12-14-37)17-19-9-10-38-23(15-18-5-6-18)34-35-25(38)24(19)28(31,32)33/h7-10,16,18H,5-6,11-15,17H2,1-4H3. The first kappa shape index (κ1) is 27.5. The van der Waals surface area contributed by atoms with Gasteiger partial charge < -0.3 is 14.2 Å². The molecule has 40 heavy (non-hydrogen) atoms. The monoisotopic (exact) mass is 559 g/mol. The lowest BCUT2D eigenvalue weighted by molar-refractivity contribution is -0.137. The number of hydrogen-bond donors (Lipinski definition) is 0. The highest BCUT2D eigenvalue weighted by atomic mass is 19.4. The number of nitrogens with zero attached hydrogens (tertiary/aromatic N) is 5. The van der Waals surface area contributed by atoms with Crippen molar-refractivity contribution < 1.29 is 26.9 Å². The first-order chi connectivity index (χ1) is 18.8. The predicted molar refractivity (Wildman–Crippen MR) is 144 cm³/mol. The van der Waals surface area contributed by atoms with E-state index in [1.807, 2.05) is 43.6 Å². The second-order valence-corrected chi connectivity index (χ2v) is 12.2. The van der Waals surface area contributed by atoms with E-state index in [2.05, 4.69) is 10.2 Å². The van der Waals surface area contributed by atoms with Crippen LogP contribution in [0.15, 0.2) is 30.5 Å². The second kappa shape index (κ2) is 9.70. The van der Waals surface area contributed by atoms with Gasteiger partial charge >= 0.3 is 13.3 Å². The van der Waals surface area contributed by atoms with Crippen LogP contribution >= 0.6 is 0 Å². The van der Waals surface area contributed by atoms with Gasteiger partial charge in [0, 0.05) is 45.3 Å². The lowest BCUT2D eigenvalue weighted by Gasteiger charge is -2.36. The van der Waals surface area contributed by atoms with E-state index in [1.54, 1.807) is 12.3 Å². The fraction of sp³-hybridized carbons (Fsp3) is 0.571. The molecule has 0 bridgehead atoms. The van der Waals surface area contributed by atoms with Crippen molar-refractivity contribution in [3.63, 3.8) is 0 Å². The zero-order valence-electron chi connectivity index (χ0n) is 23.3. The number of pyridine rings is 1. The quantitative estimate of drug-likeness (QED) is 0.329. The van der Waals surface area contributed by atoms with Gasteiger partial charge in [0.05, 0.1) is 16.9 Å². The second-order valence-electron chi connectivity index (χ2n) is 12.2. The lowest BCUT2D eigenvalue weighted by Crippen LogP contribution is -2.46. The molecule has 0 radical (unpaired) electrons. The summed E-state index contributed by atoms with van der Waals surface area (Å²) in [5.41, 5.74) is -0.651. The van der Waals surface area contributed by atoms with Gasteiger partial charge in [-0.05, 0) is 75.7 Å². The molecule has 6 rings (SSSR count). The van der Waals surface area contributed by atoms with Crippen molar-refractivity contribution in [3.8, 4) is 0 Å². The van der Waals surface area contributed by atoms with E-state index < -0.39 is 30.1 Å². The van der Waals surface area contributed by atoms with E-state index in [0.29, 0.717) is 55.5 Å². The molecule has 0 spiro atoms. The number of benzene rings is 1. The largest absolute Gasteiger partial charge is 0.494 e. The number of fused-ring (bicyclic) bond motifs is 1. The minimum atomic E-state index is -4.55. The number of aromatic nitrogens is 3. The Morgan fingerprint density at radius 1 is 0.975 bits per heavy atom. The third-order valence-corrected chi connectivity index (χ3v) is 8.79. The third kappa shape index (κ3) is 5.09. The van der Waals surface area contributed by atoms with Crippen molar-refractivity contribution in [1.82, 2.24) is 19.5 Å². The maximum atomic E-state index is 15.2. The van der Waals surface area contributed by atoms with Gasteiger partial charge in [0.15, 0.2) is 5.65 Å². The van der Waals surface area contributed by atoms with E-state index in [1.165, 1.54) is 16.5 Å². The van der Waals surface area contributed by atoms with Gasteiger partial charge in [-0.25, -0.2) is 4.39 Å². The molecule has 0 unspecified atom stereocenters. The molecule has 0 atom stereocenters. The fourth-order valence-electron chi connectivity index (χ4n) is 5.50. The molecule has 0 amide bonds. The maximum absolute atomic E-state index is 15.2. The molecule has 1 saturated carbocycles. The minimum absolute atomic E-state index is 0.132. The molecule has 7 nitrogen and oxygen atoms in total. The lowest BCUT2D eigenvalue weighted by atomic mass is 9.79. The number of hydrogen-bond acceptors (Lipinski definition) is 6. The summed E-state index contributed by atoms with van der Waals surface area (Å²) in [7, 11) is -0.652. The summed E-state index contributed by atoms with van der Waals surface area (Å²) < 4.78 is 71.4. The van der Waals surface area contributed by atoms with Gasteiger partial charge in [-0.3, -0.25) is 9.30 Å². The summed E-state index contributed by atoms with van der Waals surface area (Å²) in [6.45, 7) is 9.92. The molecular formula is C28H34BF4N5O2. The summed E-state index contributed by atoms with van der Waals surface area (Å²) in [6.07, 6.45) is -0.0806. The number of rotatable bonds is 6. The summed E-state index contributed by atoms with van der Waals surface area (Å²) in [5.74, 6) is 0.691. The van der Waals surface area contributed by atoms with Crippen molar-refractivity contribution in [1.29, 1.82) is 0 Å². The molecule has 3 aromatic rings. The Labute approximate surface area is 231 Å². The van der Waals surface area contributed by atoms with Crippen LogP contribution in [-0.4, -0.2) is 64.0 Å². The molecule has 1 aromatic carbocycles. The molecule has 2 saturated heterocycles. The van der Waals surface area contributed by atoms with Crippen LogP contribution in [0.25, 0.3) is 5.65 Å².